The number of benzene rings is 3. The van der Waals surface area contributed by atoms with Gasteiger partial charge >= 0.3 is 0 Å². The molecule has 1 saturated heterocycles. The van der Waals surface area contributed by atoms with Gasteiger partial charge in [0.15, 0.2) is 7.14 Å². The summed E-state index contributed by atoms with van der Waals surface area (Å²) in [6, 6.07) is 25.9. The SMILES string of the molecule is CCN(CCO)[C@@H]1CCCN(c2c(OC)cccc2P(=O)(c2ccccc2)c2ccccc2)C1. The van der Waals surface area contributed by atoms with Gasteiger partial charge in [-0.25, -0.2) is 0 Å². The molecule has 4 rings (SSSR count). The Balaban J connectivity index is 1.87. The van der Waals surface area contributed by atoms with Gasteiger partial charge in [-0.1, -0.05) is 73.7 Å². The number of para-hydroxylation sites is 1. The first-order chi connectivity index (χ1) is 16.6. The van der Waals surface area contributed by atoms with Crippen molar-refractivity contribution in [2.75, 3.05) is 44.8 Å². The lowest BCUT2D eigenvalue weighted by Gasteiger charge is -2.41. The molecule has 3 aromatic rings. The Hall–Kier alpha value is -2.59. The number of rotatable bonds is 9. The van der Waals surface area contributed by atoms with Crippen molar-refractivity contribution in [1.29, 1.82) is 0 Å². The number of aliphatic hydroxyl groups is 1. The summed E-state index contributed by atoms with van der Waals surface area (Å²) in [5.74, 6) is 0.746. The van der Waals surface area contributed by atoms with Crippen LogP contribution in [0.3, 0.4) is 0 Å². The van der Waals surface area contributed by atoms with Gasteiger partial charge in [-0.3, -0.25) is 4.90 Å². The standard InChI is InChI=1S/C28H35N2O3P/c1-3-29(20-21-31)23-12-11-19-30(22-23)28-26(33-2)17-10-18-27(28)34(32,24-13-6-4-7-14-24)25-15-8-5-9-16-25/h4-10,13-18,23,31H,3,11-12,19-22H2,1-2H3/t23-/m1/s1. The zero-order valence-electron chi connectivity index (χ0n) is 20.1. The molecule has 1 heterocycles. The third kappa shape index (κ3) is 4.79. The minimum absolute atomic E-state index is 0.154. The van der Waals surface area contributed by atoms with E-state index in [1.807, 2.05) is 78.9 Å². The quantitative estimate of drug-likeness (QED) is 0.476. The summed E-state index contributed by atoms with van der Waals surface area (Å²) in [5.41, 5.74) is 0.922. The third-order valence-corrected chi connectivity index (χ3v) is 9.89. The lowest BCUT2D eigenvalue weighted by Crippen LogP contribution is -2.50. The second-order valence-electron chi connectivity index (χ2n) is 8.70. The van der Waals surface area contributed by atoms with Crippen LogP contribution in [0.15, 0.2) is 78.9 Å². The molecule has 34 heavy (non-hydrogen) atoms. The summed E-state index contributed by atoms with van der Waals surface area (Å²) in [7, 11) is -1.47. The molecule has 0 amide bonds. The van der Waals surface area contributed by atoms with Crippen molar-refractivity contribution in [2.45, 2.75) is 25.8 Å². The number of likely N-dealkylation sites (N-methyl/N-ethyl adjacent to an activating group) is 1. The van der Waals surface area contributed by atoms with E-state index in [1.54, 1.807) is 7.11 Å². The van der Waals surface area contributed by atoms with Gasteiger partial charge in [-0.05, 0) is 31.5 Å². The molecule has 0 spiro atoms. The van der Waals surface area contributed by atoms with Crippen molar-refractivity contribution < 1.29 is 14.4 Å². The number of nitrogens with zero attached hydrogens (tertiary/aromatic N) is 2. The number of ether oxygens (including phenoxy) is 1. The zero-order valence-corrected chi connectivity index (χ0v) is 21.0. The highest BCUT2D eigenvalue weighted by Gasteiger charge is 2.36. The van der Waals surface area contributed by atoms with Crippen LogP contribution < -0.4 is 25.6 Å². The van der Waals surface area contributed by atoms with Crippen molar-refractivity contribution in [3.8, 4) is 5.75 Å². The highest BCUT2D eigenvalue weighted by atomic mass is 31.2. The third-order valence-electron chi connectivity index (χ3n) is 6.80. The number of hydrogen-bond donors (Lipinski definition) is 1. The Labute approximate surface area is 203 Å². The average Bonchev–Trinajstić information content (AvgIpc) is 2.91. The van der Waals surface area contributed by atoms with Crippen molar-refractivity contribution in [3.63, 3.8) is 0 Å². The van der Waals surface area contributed by atoms with Gasteiger partial charge in [0.25, 0.3) is 0 Å². The summed E-state index contributed by atoms with van der Waals surface area (Å²) in [6.45, 7) is 5.54. The zero-order chi connectivity index (χ0) is 24.0. The van der Waals surface area contributed by atoms with Gasteiger partial charge in [0.05, 0.1) is 19.4 Å². The molecule has 1 aliphatic heterocycles. The average molecular weight is 479 g/mol. The van der Waals surface area contributed by atoms with Crippen molar-refractivity contribution in [3.05, 3.63) is 78.9 Å². The van der Waals surface area contributed by atoms with Crippen LogP contribution in [0.5, 0.6) is 5.75 Å². The molecule has 5 nitrogen and oxygen atoms in total. The van der Waals surface area contributed by atoms with Gasteiger partial charge in [-0.2, -0.15) is 0 Å². The molecule has 0 saturated carbocycles. The van der Waals surface area contributed by atoms with Crippen LogP contribution in [0.2, 0.25) is 0 Å². The highest BCUT2D eigenvalue weighted by Crippen LogP contribution is 2.47. The van der Waals surface area contributed by atoms with Crippen LogP contribution in [0.4, 0.5) is 5.69 Å². The summed E-state index contributed by atoms with van der Waals surface area (Å²) in [4.78, 5) is 4.69. The van der Waals surface area contributed by atoms with Gasteiger partial charge in [-0.15, -0.1) is 0 Å². The minimum Gasteiger partial charge on any atom is -0.495 e. The Morgan fingerprint density at radius 1 is 1.00 bits per heavy atom. The van der Waals surface area contributed by atoms with E-state index in [2.05, 4.69) is 16.7 Å². The molecule has 0 aromatic heterocycles. The molecule has 1 atom stereocenters. The Morgan fingerprint density at radius 2 is 1.65 bits per heavy atom. The summed E-state index contributed by atoms with van der Waals surface area (Å²) in [5, 5.41) is 12.0. The molecule has 0 bridgehead atoms. The van der Waals surface area contributed by atoms with E-state index in [4.69, 9.17) is 4.74 Å². The molecule has 1 fully saturated rings. The molecule has 1 N–H and O–H groups in total. The van der Waals surface area contributed by atoms with E-state index in [0.29, 0.717) is 12.6 Å². The molecule has 6 heteroatoms. The first-order valence-corrected chi connectivity index (χ1v) is 13.8. The number of piperidine rings is 1. The fraction of sp³-hybridized carbons (Fsp3) is 0.357. The lowest BCUT2D eigenvalue weighted by molar-refractivity contribution is 0.144. The van der Waals surface area contributed by atoms with E-state index >= 15 is 4.57 Å². The van der Waals surface area contributed by atoms with E-state index in [9.17, 15) is 5.11 Å². The highest BCUT2D eigenvalue weighted by molar-refractivity contribution is 7.85. The van der Waals surface area contributed by atoms with Crippen LogP contribution in [-0.4, -0.2) is 55.9 Å². The van der Waals surface area contributed by atoms with Crippen molar-refractivity contribution in [2.24, 2.45) is 0 Å². The molecule has 1 aliphatic rings. The molecular formula is C28H35N2O3P. The number of anilines is 1. The minimum atomic E-state index is -3.16. The van der Waals surface area contributed by atoms with Crippen molar-refractivity contribution >= 4 is 28.7 Å². The van der Waals surface area contributed by atoms with Gasteiger partial charge in [0, 0.05) is 41.6 Å². The summed E-state index contributed by atoms with van der Waals surface area (Å²) >= 11 is 0. The normalized spacial score (nSPS) is 16.6. The maximum absolute atomic E-state index is 15.2. The van der Waals surface area contributed by atoms with E-state index in [0.717, 1.165) is 59.8 Å². The summed E-state index contributed by atoms with van der Waals surface area (Å²) in [6.07, 6.45) is 2.12. The molecule has 3 aromatic carbocycles. The lowest BCUT2D eigenvalue weighted by atomic mass is 10.0. The van der Waals surface area contributed by atoms with E-state index < -0.39 is 7.14 Å². The van der Waals surface area contributed by atoms with Crippen LogP contribution in [-0.2, 0) is 4.57 Å². The second kappa shape index (κ2) is 11.2. The van der Waals surface area contributed by atoms with Crippen LogP contribution in [0.1, 0.15) is 19.8 Å². The molecule has 0 radical (unpaired) electrons. The maximum atomic E-state index is 15.2. The first-order valence-electron chi connectivity index (χ1n) is 12.1. The largest absolute Gasteiger partial charge is 0.495 e. The van der Waals surface area contributed by atoms with E-state index in [1.165, 1.54) is 0 Å². The van der Waals surface area contributed by atoms with Crippen LogP contribution in [0.25, 0.3) is 0 Å². The number of methoxy groups -OCH3 is 1. The van der Waals surface area contributed by atoms with Crippen LogP contribution >= 0.6 is 7.14 Å². The molecule has 0 aliphatic carbocycles. The van der Waals surface area contributed by atoms with Crippen LogP contribution in [0, 0.1) is 0 Å². The Kier molecular flexibility index (Phi) is 8.10. The fourth-order valence-electron chi connectivity index (χ4n) is 5.13. The number of hydrogen-bond acceptors (Lipinski definition) is 5. The fourth-order valence-corrected chi connectivity index (χ4v) is 8.02. The predicted octanol–water partition coefficient (Wildman–Crippen LogP) is 3.62. The summed E-state index contributed by atoms with van der Waals surface area (Å²) < 4.78 is 21.1. The van der Waals surface area contributed by atoms with Gasteiger partial charge in [0.1, 0.15) is 5.75 Å². The second-order valence-corrected chi connectivity index (χ2v) is 11.4. The van der Waals surface area contributed by atoms with Gasteiger partial charge in [0.2, 0.25) is 0 Å². The van der Waals surface area contributed by atoms with Crippen molar-refractivity contribution in [1.82, 2.24) is 4.90 Å². The van der Waals surface area contributed by atoms with E-state index in [-0.39, 0.29) is 6.61 Å². The Bertz CT molecular complexity index is 1060. The monoisotopic (exact) mass is 478 g/mol. The topological polar surface area (TPSA) is 53.0 Å². The first kappa shape index (κ1) is 24.5. The molecule has 180 valence electrons. The predicted molar refractivity (Wildman–Crippen MR) is 142 cm³/mol. The Morgan fingerprint density at radius 3 is 2.21 bits per heavy atom. The smallest absolute Gasteiger partial charge is 0.173 e. The molecular weight excluding hydrogens is 443 g/mol. The van der Waals surface area contributed by atoms with Gasteiger partial charge < -0.3 is 19.3 Å². The molecule has 0 unspecified atom stereocenters. The number of aliphatic hydroxyl groups excluding tert-OH is 1. The maximum Gasteiger partial charge on any atom is 0.173 e.